The second kappa shape index (κ2) is 6.16. The van der Waals surface area contributed by atoms with Gasteiger partial charge in [0, 0.05) is 24.6 Å². The van der Waals surface area contributed by atoms with Gasteiger partial charge >= 0.3 is 6.18 Å². The molecule has 0 spiro atoms. The van der Waals surface area contributed by atoms with Crippen LogP contribution in [0.25, 0.3) is 0 Å². The molecule has 3 nitrogen and oxygen atoms in total. The van der Waals surface area contributed by atoms with Gasteiger partial charge in [0.25, 0.3) is 0 Å². The maximum absolute atomic E-state index is 12.6. The third-order valence-corrected chi connectivity index (χ3v) is 4.41. The standard InChI is InChI=1S/C14H21F3N2O/c15-14(16,17)11-5-7-19(8-6-11)13(20)12-4-2-1-3-10(12)9-18/h5,10,12H,1-4,6-9,18H2. The number of alkyl halides is 3. The summed E-state index contributed by atoms with van der Waals surface area (Å²) in [7, 11) is 0. The lowest BCUT2D eigenvalue weighted by Gasteiger charge is -2.35. The summed E-state index contributed by atoms with van der Waals surface area (Å²) >= 11 is 0. The molecule has 2 N–H and O–H groups in total. The Kier molecular flexibility index (Phi) is 4.73. The molecule has 6 heteroatoms. The molecular formula is C14H21F3N2O. The number of nitrogens with two attached hydrogens (primary N) is 1. The van der Waals surface area contributed by atoms with Gasteiger partial charge in [0.1, 0.15) is 0 Å². The third kappa shape index (κ3) is 3.34. The van der Waals surface area contributed by atoms with Crippen LogP contribution < -0.4 is 5.73 Å². The van der Waals surface area contributed by atoms with Gasteiger partial charge in [-0.1, -0.05) is 18.9 Å². The Labute approximate surface area is 117 Å². The molecule has 20 heavy (non-hydrogen) atoms. The van der Waals surface area contributed by atoms with Gasteiger partial charge in [0.2, 0.25) is 5.91 Å². The van der Waals surface area contributed by atoms with E-state index in [1.807, 2.05) is 0 Å². The molecule has 0 radical (unpaired) electrons. The molecule has 2 atom stereocenters. The van der Waals surface area contributed by atoms with E-state index in [1.165, 1.54) is 0 Å². The molecule has 114 valence electrons. The second-order valence-electron chi connectivity index (χ2n) is 5.65. The summed E-state index contributed by atoms with van der Waals surface area (Å²) in [5, 5.41) is 0. The van der Waals surface area contributed by atoms with E-state index in [0.717, 1.165) is 31.8 Å². The molecule has 1 heterocycles. The Morgan fingerprint density at radius 3 is 2.60 bits per heavy atom. The highest BCUT2D eigenvalue weighted by molar-refractivity contribution is 5.79. The van der Waals surface area contributed by atoms with Crippen molar-refractivity contribution in [2.75, 3.05) is 19.6 Å². The molecule has 1 saturated carbocycles. The Balaban J connectivity index is 1.99. The number of carbonyl (C=O) groups excluding carboxylic acids is 1. The quantitative estimate of drug-likeness (QED) is 0.794. The van der Waals surface area contributed by atoms with E-state index in [-0.39, 0.29) is 37.3 Å². The van der Waals surface area contributed by atoms with Crippen LogP contribution in [0.3, 0.4) is 0 Å². The Morgan fingerprint density at radius 2 is 2.05 bits per heavy atom. The fourth-order valence-electron chi connectivity index (χ4n) is 3.18. The van der Waals surface area contributed by atoms with Crippen LogP contribution in [-0.2, 0) is 4.79 Å². The summed E-state index contributed by atoms with van der Waals surface area (Å²) in [6.45, 7) is 0.716. The number of carbonyl (C=O) groups is 1. The largest absolute Gasteiger partial charge is 0.412 e. The van der Waals surface area contributed by atoms with Crippen LogP contribution in [0, 0.1) is 11.8 Å². The lowest BCUT2D eigenvalue weighted by molar-refractivity contribution is -0.139. The van der Waals surface area contributed by atoms with Crippen molar-refractivity contribution in [3.63, 3.8) is 0 Å². The maximum Gasteiger partial charge on any atom is 0.412 e. The predicted octanol–water partition coefficient (Wildman–Crippen LogP) is 2.47. The Hall–Kier alpha value is -1.04. The van der Waals surface area contributed by atoms with Crippen molar-refractivity contribution in [3.8, 4) is 0 Å². The molecule has 1 fully saturated rings. The Morgan fingerprint density at radius 1 is 1.35 bits per heavy atom. The molecule has 1 amide bonds. The lowest BCUT2D eigenvalue weighted by Crippen LogP contribution is -2.44. The van der Waals surface area contributed by atoms with Crippen LogP contribution in [0.15, 0.2) is 11.6 Å². The fourth-order valence-corrected chi connectivity index (χ4v) is 3.18. The van der Waals surface area contributed by atoms with Crippen molar-refractivity contribution in [2.45, 2.75) is 38.3 Å². The molecule has 2 aliphatic rings. The first-order valence-electron chi connectivity index (χ1n) is 7.18. The molecule has 0 bridgehead atoms. The first-order valence-corrected chi connectivity index (χ1v) is 7.18. The molecule has 1 aliphatic heterocycles. The van der Waals surface area contributed by atoms with Gasteiger partial charge in [-0.25, -0.2) is 0 Å². The van der Waals surface area contributed by atoms with E-state index < -0.39 is 11.7 Å². The minimum Gasteiger partial charge on any atom is -0.338 e. The number of hydrogen-bond donors (Lipinski definition) is 1. The summed E-state index contributed by atoms with van der Waals surface area (Å²) in [6, 6.07) is 0. The van der Waals surface area contributed by atoms with Crippen LogP contribution in [0.1, 0.15) is 32.1 Å². The lowest BCUT2D eigenvalue weighted by atomic mass is 9.78. The van der Waals surface area contributed by atoms with Crippen LogP contribution >= 0.6 is 0 Å². The average Bonchev–Trinajstić information content (AvgIpc) is 2.45. The molecule has 1 aliphatic carbocycles. The predicted molar refractivity (Wildman–Crippen MR) is 69.8 cm³/mol. The van der Waals surface area contributed by atoms with Crippen LogP contribution in [0.2, 0.25) is 0 Å². The van der Waals surface area contributed by atoms with Gasteiger partial charge in [-0.3, -0.25) is 4.79 Å². The summed E-state index contributed by atoms with van der Waals surface area (Å²) in [6.07, 6.45) is 0.627. The highest BCUT2D eigenvalue weighted by Crippen LogP contribution is 2.33. The Bertz CT molecular complexity index is 392. The van der Waals surface area contributed by atoms with Crippen LogP contribution in [0.4, 0.5) is 13.2 Å². The monoisotopic (exact) mass is 290 g/mol. The summed E-state index contributed by atoms with van der Waals surface area (Å²) in [5.74, 6) is 0.0662. The molecule has 0 aromatic heterocycles. The van der Waals surface area contributed by atoms with E-state index in [4.69, 9.17) is 5.73 Å². The molecule has 0 aromatic rings. The van der Waals surface area contributed by atoms with Crippen LogP contribution in [0.5, 0.6) is 0 Å². The van der Waals surface area contributed by atoms with Gasteiger partial charge in [-0.05, 0) is 31.7 Å². The number of rotatable bonds is 2. The minimum atomic E-state index is -4.26. The zero-order valence-corrected chi connectivity index (χ0v) is 11.5. The summed E-state index contributed by atoms with van der Waals surface area (Å²) in [5.41, 5.74) is 5.20. The number of nitrogens with zero attached hydrogens (tertiary/aromatic N) is 1. The number of amides is 1. The van der Waals surface area contributed by atoms with Crippen molar-refractivity contribution in [2.24, 2.45) is 17.6 Å². The topological polar surface area (TPSA) is 46.3 Å². The van der Waals surface area contributed by atoms with E-state index in [9.17, 15) is 18.0 Å². The molecule has 2 rings (SSSR count). The van der Waals surface area contributed by atoms with Gasteiger partial charge in [0.05, 0.1) is 0 Å². The van der Waals surface area contributed by atoms with Crippen LogP contribution in [-0.4, -0.2) is 36.6 Å². The molecule has 0 saturated heterocycles. The molecule has 2 unspecified atom stereocenters. The third-order valence-electron chi connectivity index (χ3n) is 4.41. The van der Waals surface area contributed by atoms with Crippen molar-refractivity contribution in [1.29, 1.82) is 0 Å². The first kappa shape index (κ1) is 15.4. The number of halogens is 3. The smallest absolute Gasteiger partial charge is 0.338 e. The SMILES string of the molecule is NCC1CCCCC1C(=O)N1CC=C(C(F)(F)F)CC1. The average molecular weight is 290 g/mol. The number of hydrogen-bond acceptors (Lipinski definition) is 2. The zero-order valence-electron chi connectivity index (χ0n) is 11.5. The first-order chi connectivity index (χ1) is 9.43. The highest BCUT2D eigenvalue weighted by Gasteiger charge is 2.38. The molecular weight excluding hydrogens is 269 g/mol. The van der Waals surface area contributed by atoms with Crippen molar-refractivity contribution in [3.05, 3.63) is 11.6 Å². The van der Waals surface area contributed by atoms with Crippen molar-refractivity contribution >= 4 is 5.91 Å². The molecule has 0 aromatic carbocycles. The maximum atomic E-state index is 12.6. The van der Waals surface area contributed by atoms with E-state index in [1.54, 1.807) is 4.90 Å². The second-order valence-corrected chi connectivity index (χ2v) is 5.65. The van der Waals surface area contributed by atoms with E-state index in [2.05, 4.69) is 0 Å². The highest BCUT2D eigenvalue weighted by atomic mass is 19.4. The van der Waals surface area contributed by atoms with Gasteiger partial charge in [-0.15, -0.1) is 0 Å². The summed E-state index contributed by atoms with van der Waals surface area (Å²) in [4.78, 5) is 14.0. The van der Waals surface area contributed by atoms with E-state index in [0.29, 0.717) is 6.54 Å². The van der Waals surface area contributed by atoms with Gasteiger partial charge < -0.3 is 10.6 Å². The normalized spacial score (nSPS) is 28.2. The minimum absolute atomic E-state index is 0.0161. The van der Waals surface area contributed by atoms with E-state index >= 15 is 0 Å². The van der Waals surface area contributed by atoms with Crippen molar-refractivity contribution in [1.82, 2.24) is 4.90 Å². The fraction of sp³-hybridized carbons (Fsp3) is 0.786. The van der Waals surface area contributed by atoms with Crippen molar-refractivity contribution < 1.29 is 18.0 Å². The van der Waals surface area contributed by atoms with Gasteiger partial charge in [0.15, 0.2) is 0 Å². The van der Waals surface area contributed by atoms with Gasteiger partial charge in [-0.2, -0.15) is 13.2 Å². The summed E-state index contributed by atoms with van der Waals surface area (Å²) < 4.78 is 37.7. The zero-order chi connectivity index (χ0) is 14.8.